The van der Waals surface area contributed by atoms with E-state index in [1.807, 2.05) is 30.3 Å². The van der Waals surface area contributed by atoms with Gasteiger partial charge in [0.15, 0.2) is 5.78 Å². The maximum absolute atomic E-state index is 12.5. The van der Waals surface area contributed by atoms with E-state index >= 15 is 0 Å². The number of Topliss-reactive ketones (excluding diaryl/α,β-unsaturated/α-hetero) is 1. The smallest absolute Gasteiger partial charge is 0.412 e. The average molecular weight is 474 g/mol. The summed E-state index contributed by atoms with van der Waals surface area (Å²) >= 11 is 0. The van der Waals surface area contributed by atoms with Crippen molar-refractivity contribution in [2.75, 3.05) is 54.2 Å². The van der Waals surface area contributed by atoms with Gasteiger partial charge in [-0.2, -0.15) is 0 Å². The van der Waals surface area contributed by atoms with E-state index in [-0.39, 0.29) is 43.6 Å². The maximum Gasteiger partial charge on any atom is 0.412 e. The minimum absolute atomic E-state index is 0.0228. The van der Waals surface area contributed by atoms with Crippen LogP contribution >= 0.6 is 0 Å². The second-order valence-electron chi connectivity index (χ2n) is 6.78. The first kappa shape index (κ1) is 25.8. The molecule has 34 heavy (non-hydrogen) atoms. The van der Waals surface area contributed by atoms with E-state index in [0.717, 1.165) is 5.69 Å². The Kier molecular flexibility index (Phi) is 9.56. The van der Waals surface area contributed by atoms with Crippen LogP contribution in [0, 0.1) is 10.1 Å². The molecule has 2 rings (SSSR count). The van der Waals surface area contributed by atoms with Crippen LogP contribution in [0.4, 0.5) is 38.3 Å². The standard InChI is InChI=1S/C21H26N6O7/c1-4-33-20(29)24-17-11-16(18(27(31)32)19(23-17)25-21(30)34-5-2)22-12-15(28)13-26(3)14-9-7-6-8-10-14/h6-11H,4-5,12-13H2,1-3H3,(H3,22,23,24,25,29,30). The Hall–Kier alpha value is -4.42. The molecule has 0 spiro atoms. The number of anilines is 4. The molecule has 3 N–H and O–H groups in total. The molecule has 1 aromatic carbocycles. The molecule has 0 aliphatic rings. The van der Waals surface area contributed by atoms with Gasteiger partial charge in [-0.1, -0.05) is 18.2 Å². The predicted octanol–water partition coefficient (Wildman–Crippen LogP) is 3.24. The van der Waals surface area contributed by atoms with Crippen LogP contribution in [0.25, 0.3) is 0 Å². The van der Waals surface area contributed by atoms with Gasteiger partial charge in [0.2, 0.25) is 5.82 Å². The van der Waals surface area contributed by atoms with Gasteiger partial charge < -0.3 is 19.7 Å². The highest BCUT2D eigenvalue weighted by Crippen LogP contribution is 2.34. The number of hydrogen-bond acceptors (Lipinski definition) is 10. The largest absolute Gasteiger partial charge is 0.450 e. The second-order valence-corrected chi connectivity index (χ2v) is 6.78. The third kappa shape index (κ3) is 7.62. The zero-order valence-corrected chi connectivity index (χ0v) is 19.0. The number of carbonyl (C=O) groups is 3. The number of nitrogens with one attached hydrogen (secondary N) is 3. The number of amides is 2. The first-order valence-corrected chi connectivity index (χ1v) is 10.3. The molecule has 0 atom stereocenters. The van der Waals surface area contributed by atoms with Gasteiger partial charge in [-0.3, -0.25) is 25.5 Å². The van der Waals surface area contributed by atoms with Crippen LogP contribution in [-0.2, 0) is 14.3 Å². The number of para-hydroxylation sites is 1. The molecule has 0 saturated heterocycles. The number of ether oxygens (including phenoxy) is 2. The number of likely N-dealkylation sites (N-methyl/N-ethyl adjacent to an activating group) is 1. The fourth-order valence-corrected chi connectivity index (χ4v) is 2.83. The highest BCUT2D eigenvalue weighted by Gasteiger charge is 2.26. The number of rotatable bonds is 11. The molecule has 0 saturated carbocycles. The molecular formula is C21H26N6O7. The fourth-order valence-electron chi connectivity index (χ4n) is 2.83. The van der Waals surface area contributed by atoms with Crippen molar-refractivity contribution in [2.45, 2.75) is 13.8 Å². The summed E-state index contributed by atoms with van der Waals surface area (Å²) in [6, 6.07) is 10.4. The molecule has 0 aliphatic heterocycles. The van der Waals surface area contributed by atoms with Gasteiger partial charge in [-0.15, -0.1) is 0 Å². The van der Waals surface area contributed by atoms with Crippen LogP contribution in [0.15, 0.2) is 36.4 Å². The number of pyridine rings is 1. The van der Waals surface area contributed by atoms with E-state index in [1.165, 1.54) is 6.07 Å². The first-order valence-electron chi connectivity index (χ1n) is 10.3. The van der Waals surface area contributed by atoms with Crippen molar-refractivity contribution in [1.82, 2.24) is 4.98 Å². The Balaban J connectivity index is 2.27. The maximum atomic E-state index is 12.5. The highest BCUT2D eigenvalue weighted by molar-refractivity contribution is 5.93. The molecule has 2 aromatic rings. The predicted molar refractivity (Wildman–Crippen MR) is 125 cm³/mol. The van der Waals surface area contributed by atoms with Gasteiger partial charge in [-0.25, -0.2) is 14.6 Å². The minimum Gasteiger partial charge on any atom is -0.450 e. The second kappa shape index (κ2) is 12.6. The number of aromatic nitrogens is 1. The Morgan fingerprint density at radius 2 is 1.68 bits per heavy atom. The molecule has 0 radical (unpaired) electrons. The monoisotopic (exact) mass is 474 g/mol. The van der Waals surface area contributed by atoms with Crippen LogP contribution < -0.4 is 20.9 Å². The van der Waals surface area contributed by atoms with Gasteiger partial charge >= 0.3 is 17.9 Å². The SMILES string of the molecule is CCOC(=O)Nc1cc(NCC(=O)CN(C)c2ccccc2)c([N+](=O)[O-])c(NC(=O)OCC)n1. The van der Waals surface area contributed by atoms with Crippen LogP contribution in [0.3, 0.4) is 0 Å². The lowest BCUT2D eigenvalue weighted by Crippen LogP contribution is -2.30. The van der Waals surface area contributed by atoms with E-state index in [4.69, 9.17) is 9.47 Å². The summed E-state index contributed by atoms with van der Waals surface area (Å²) in [7, 11) is 1.74. The van der Waals surface area contributed by atoms with Crippen molar-refractivity contribution in [1.29, 1.82) is 0 Å². The van der Waals surface area contributed by atoms with Crippen molar-refractivity contribution in [2.24, 2.45) is 0 Å². The summed E-state index contributed by atoms with van der Waals surface area (Å²) in [5.41, 5.74) is 0.0774. The van der Waals surface area contributed by atoms with Crippen molar-refractivity contribution in [3.8, 4) is 0 Å². The molecule has 182 valence electrons. The zero-order chi connectivity index (χ0) is 25.1. The molecule has 13 heteroatoms. The minimum atomic E-state index is -0.974. The number of nitrogens with zero attached hydrogens (tertiary/aromatic N) is 3. The van der Waals surface area contributed by atoms with Crippen LogP contribution in [0.5, 0.6) is 0 Å². The number of nitro groups is 1. The Morgan fingerprint density at radius 3 is 2.26 bits per heavy atom. The van der Waals surface area contributed by atoms with Gasteiger partial charge in [-0.05, 0) is 26.0 Å². The van der Waals surface area contributed by atoms with E-state index in [2.05, 4.69) is 20.9 Å². The normalized spacial score (nSPS) is 10.1. The van der Waals surface area contributed by atoms with E-state index in [0.29, 0.717) is 0 Å². The number of ketones is 1. The topological polar surface area (TPSA) is 165 Å². The van der Waals surface area contributed by atoms with Gasteiger partial charge in [0, 0.05) is 18.8 Å². The van der Waals surface area contributed by atoms with E-state index in [9.17, 15) is 24.5 Å². The average Bonchev–Trinajstić information content (AvgIpc) is 2.78. The lowest BCUT2D eigenvalue weighted by atomic mass is 10.2. The van der Waals surface area contributed by atoms with Crippen LogP contribution in [0.1, 0.15) is 13.8 Å². The number of hydrogen-bond donors (Lipinski definition) is 3. The molecule has 0 unspecified atom stereocenters. The fraction of sp³-hybridized carbons (Fsp3) is 0.333. The molecule has 0 bridgehead atoms. The van der Waals surface area contributed by atoms with Gasteiger partial charge in [0.05, 0.1) is 31.2 Å². The summed E-state index contributed by atoms with van der Waals surface area (Å²) in [4.78, 5) is 52.8. The molecule has 13 nitrogen and oxygen atoms in total. The van der Waals surface area contributed by atoms with Crippen molar-refractivity contribution < 1.29 is 28.8 Å². The summed E-state index contributed by atoms with van der Waals surface area (Å²) in [6.07, 6.45) is -1.82. The summed E-state index contributed by atoms with van der Waals surface area (Å²) < 4.78 is 9.55. The summed E-state index contributed by atoms with van der Waals surface area (Å²) in [5, 5.41) is 19.0. The van der Waals surface area contributed by atoms with Crippen molar-refractivity contribution in [3.05, 3.63) is 46.5 Å². The van der Waals surface area contributed by atoms with Gasteiger partial charge in [0.25, 0.3) is 0 Å². The Labute approximate surface area is 195 Å². The molecule has 0 aliphatic carbocycles. The third-order valence-electron chi connectivity index (χ3n) is 4.26. The number of benzene rings is 1. The van der Waals surface area contributed by atoms with Crippen molar-refractivity contribution >= 4 is 46.7 Å². The molecule has 2 amide bonds. The summed E-state index contributed by atoms with van der Waals surface area (Å²) in [5.74, 6) is -0.890. The molecule has 1 heterocycles. The lowest BCUT2D eigenvalue weighted by Gasteiger charge is -2.18. The molecule has 0 fully saturated rings. The quantitative estimate of drug-likeness (QED) is 0.325. The third-order valence-corrected chi connectivity index (χ3v) is 4.26. The van der Waals surface area contributed by atoms with Gasteiger partial charge in [0.1, 0.15) is 11.5 Å². The zero-order valence-electron chi connectivity index (χ0n) is 19.0. The van der Waals surface area contributed by atoms with Crippen molar-refractivity contribution in [3.63, 3.8) is 0 Å². The molecular weight excluding hydrogens is 448 g/mol. The Bertz CT molecular complexity index is 1030. The Morgan fingerprint density at radius 1 is 1.06 bits per heavy atom. The van der Waals surface area contributed by atoms with Crippen LogP contribution in [0.2, 0.25) is 0 Å². The first-order chi connectivity index (χ1) is 16.2. The highest BCUT2D eigenvalue weighted by atomic mass is 16.6. The number of carbonyl (C=O) groups excluding carboxylic acids is 3. The molecule has 1 aromatic heterocycles. The summed E-state index contributed by atoms with van der Waals surface area (Å²) in [6.45, 7) is 3.04. The van der Waals surface area contributed by atoms with E-state index in [1.54, 1.807) is 25.8 Å². The van der Waals surface area contributed by atoms with E-state index < -0.39 is 28.6 Å². The van der Waals surface area contributed by atoms with Crippen LogP contribution in [-0.4, -0.2) is 61.2 Å². The lowest BCUT2D eigenvalue weighted by molar-refractivity contribution is -0.383.